The number of fused-ring (bicyclic) bond motifs is 1. The van der Waals surface area contributed by atoms with Crippen LogP contribution < -0.4 is 9.47 Å². The van der Waals surface area contributed by atoms with E-state index >= 15 is 0 Å². The second-order valence-electron chi connectivity index (χ2n) is 9.27. The van der Waals surface area contributed by atoms with Gasteiger partial charge >= 0.3 is 0 Å². The van der Waals surface area contributed by atoms with E-state index in [1.807, 2.05) is 78.9 Å². The average Bonchev–Trinajstić information content (AvgIpc) is 3.10. The molecule has 4 heteroatoms. The van der Waals surface area contributed by atoms with Gasteiger partial charge in [0.25, 0.3) is 0 Å². The summed E-state index contributed by atoms with van der Waals surface area (Å²) in [5.74, 6) is 1.72. The van der Waals surface area contributed by atoms with Crippen LogP contribution in [0.15, 0.2) is 84.9 Å². The maximum absolute atomic E-state index is 13.1. The molecular weight excluding hydrogens is 422 g/mol. The number of carbonyl (C=O) groups excluding carboxylic acids is 1. The molecule has 1 aliphatic carbocycles. The van der Waals surface area contributed by atoms with E-state index in [4.69, 9.17) is 9.47 Å². The summed E-state index contributed by atoms with van der Waals surface area (Å²) in [7, 11) is 1.66. The lowest BCUT2D eigenvalue weighted by Gasteiger charge is -2.22. The molecule has 0 aliphatic heterocycles. The molecule has 3 aromatic carbocycles. The van der Waals surface area contributed by atoms with Gasteiger partial charge in [-0.2, -0.15) is 0 Å². The molecule has 0 N–H and O–H groups in total. The number of para-hydroxylation sites is 1. The Morgan fingerprint density at radius 1 is 0.824 bits per heavy atom. The molecule has 1 heterocycles. The second kappa shape index (κ2) is 8.79. The van der Waals surface area contributed by atoms with Crippen LogP contribution in [0.1, 0.15) is 37.1 Å². The summed E-state index contributed by atoms with van der Waals surface area (Å²) < 4.78 is 11.3. The largest absolute Gasteiger partial charge is 0.497 e. The van der Waals surface area contributed by atoms with E-state index in [1.165, 1.54) is 0 Å². The molecule has 0 saturated heterocycles. The van der Waals surface area contributed by atoms with Crippen LogP contribution in [0.4, 0.5) is 0 Å². The minimum Gasteiger partial charge on any atom is -0.497 e. The Kier molecular flexibility index (Phi) is 5.66. The van der Waals surface area contributed by atoms with Crippen molar-refractivity contribution in [3.05, 3.63) is 102 Å². The van der Waals surface area contributed by atoms with Crippen molar-refractivity contribution >= 4 is 27.8 Å². The number of hydrogen-bond acceptors (Lipinski definition) is 4. The van der Waals surface area contributed by atoms with Gasteiger partial charge < -0.3 is 9.47 Å². The molecule has 0 radical (unpaired) electrons. The van der Waals surface area contributed by atoms with E-state index in [-0.39, 0.29) is 11.2 Å². The van der Waals surface area contributed by atoms with Crippen LogP contribution in [0.3, 0.4) is 0 Å². The Morgan fingerprint density at radius 2 is 1.50 bits per heavy atom. The van der Waals surface area contributed by atoms with Gasteiger partial charge in [0, 0.05) is 17.4 Å². The number of ketones is 1. The third-order valence-corrected chi connectivity index (χ3v) is 6.37. The van der Waals surface area contributed by atoms with Gasteiger partial charge in [0.05, 0.1) is 18.3 Å². The number of pyridine rings is 1. The molecule has 5 rings (SSSR count). The van der Waals surface area contributed by atoms with Crippen LogP contribution in [0.2, 0.25) is 0 Å². The van der Waals surface area contributed by atoms with E-state index in [0.29, 0.717) is 13.0 Å². The van der Waals surface area contributed by atoms with Crippen molar-refractivity contribution in [2.45, 2.75) is 26.9 Å². The highest BCUT2D eigenvalue weighted by molar-refractivity contribution is 6.32. The predicted molar refractivity (Wildman–Crippen MR) is 136 cm³/mol. The van der Waals surface area contributed by atoms with Crippen molar-refractivity contribution in [1.82, 2.24) is 4.98 Å². The van der Waals surface area contributed by atoms with E-state index in [0.717, 1.165) is 50.4 Å². The van der Waals surface area contributed by atoms with E-state index in [1.54, 1.807) is 7.11 Å². The minimum atomic E-state index is -0.238. The molecule has 170 valence electrons. The highest BCUT2D eigenvalue weighted by atomic mass is 16.5. The van der Waals surface area contributed by atoms with Crippen molar-refractivity contribution in [2.75, 3.05) is 7.11 Å². The fourth-order valence-electron chi connectivity index (χ4n) is 4.72. The lowest BCUT2D eigenvalue weighted by molar-refractivity contribution is -0.114. The zero-order valence-corrected chi connectivity index (χ0v) is 19.7. The first-order valence-corrected chi connectivity index (χ1v) is 11.4. The molecule has 1 aromatic heterocycles. The molecule has 0 spiro atoms. The number of allylic oxidation sites excluding steroid dienone is 2. The van der Waals surface area contributed by atoms with Crippen molar-refractivity contribution < 1.29 is 14.3 Å². The molecular formula is C30H27NO3. The standard InChI is InChI=1S/C30H27NO3/c1-30(2)18-27(32)28(29(30)22-11-14-24(33-3)15-12-22)21-9-16-25(17-10-21)34-19-23-13-8-20-6-4-5-7-26(20)31-23/h4-17H,18-19H2,1-3H3. The quantitative estimate of drug-likeness (QED) is 0.327. The fraction of sp³-hybridized carbons (Fsp3) is 0.200. The Labute approximate surface area is 199 Å². The third kappa shape index (κ3) is 4.19. The Bertz CT molecular complexity index is 1380. The Morgan fingerprint density at radius 3 is 2.24 bits per heavy atom. The zero-order valence-electron chi connectivity index (χ0n) is 19.7. The first-order valence-electron chi connectivity index (χ1n) is 11.4. The Balaban J connectivity index is 1.40. The van der Waals surface area contributed by atoms with Gasteiger partial charge in [0.1, 0.15) is 18.1 Å². The van der Waals surface area contributed by atoms with Crippen LogP contribution >= 0.6 is 0 Å². The van der Waals surface area contributed by atoms with Gasteiger partial charge in [0.15, 0.2) is 5.78 Å². The van der Waals surface area contributed by atoms with Crippen molar-refractivity contribution in [2.24, 2.45) is 5.41 Å². The first kappa shape index (κ1) is 21.9. The lowest BCUT2D eigenvalue weighted by Crippen LogP contribution is -2.10. The maximum atomic E-state index is 13.1. The summed E-state index contributed by atoms with van der Waals surface area (Å²) >= 11 is 0. The molecule has 4 aromatic rings. The molecule has 0 saturated carbocycles. The normalized spacial score (nSPS) is 15.1. The highest BCUT2D eigenvalue weighted by Crippen LogP contribution is 2.49. The molecule has 0 unspecified atom stereocenters. The molecule has 34 heavy (non-hydrogen) atoms. The molecule has 0 bridgehead atoms. The average molecular weight is 450 g/mol. The molecule has 4 nitrogen and oxygen atoms in total. The van der Waals surface area contributed by atoms with Crippen LogP contribution in [0.5, 0.6) is 11.5 Å². The summed E-state index contributed by atoms with van der Waals surface area (Å²) in [4.78, 5) is 17.7. The fourth-order valence-corrected chi connectivity index (χ4v) is 4.72. The van der Waals surface area contributed by atoms with Gasteiger partial charge in [0.2, 0.25) is 0 Å². The number of nitrogens with zero attached hydrogens (tertiary/aromatic N) is 1. The van der Waals surface area contributed by atoms with E-state index in [9.17, 15) is 4.79 Å². The summed E-state index contributed by atoms with van der Waals surface area (Å²) in [6, 6.07) is 27.8. The zero-order chi connectivity index (χ0) is 23.7. The maximum Gasteiger partial charge on any atom is 0.164 e. The number of Topliss-reactive ketones (excluding diaryl/α,β-unsaturated/α-hetero) is 1. The smallest absolute Gasteiger partial charge is 0.164 e. The van der Waals surface area contributed by atoms with Crippen LogP contribution in [0, 0.1) is 5.41 Å². The SMILES string of the molecule is COc1ccc(C2=C(c3ccc(OCc4ccc5ccccc5n4)cc3)C(=O)CC2(C)C)cc1. The van der Waals surface area contributed by atoms with Crippen molar-refractivity contribution in [3.63, 3.8) is 0 Å². The second-order valence-corrected chi connectivity index (χ2v) is 9.27. The number of aromatic nitrogens is 1. The van der Waals surface area contributed by atoms with Gasteiger partial charge in [-0.05, 0) is 58.5 Å². The summed E-state index contributed by atoms with van der Waals surface area (Å²) in [6.45, 7) is 4.65. The topological polar surface area (TPSA) is 48.4 Å². The van der Waals surface area contributed by atoms with Crippen LogP contribution in [-0.2, 0) is 11.4 Å². The molecule has 0 atom stereocenters. The molecule has 0 fully saturated rings. The van der Waals surface area contributed by atoms with Gasteiger partial charge in [-0.25, -0.2) is 4.98 Å². The Hall–Kier alpha value is -3.92. The van der Waals surface area contributed by atoms with E-state index in [2.05, 4.69) is 24.9 Å². The number of methoxy groups -OCH3 is 1. The van der Waals surface area contributed by atoms with Gasteiger partial charge in [-0.3, -0.25) is 4.79 Å². The summed E-state index contributed by atoms with van der Waals surface area (Å²) in [5.41, 5.74) is 5.43. The molecule has 0 amide bonds. The third-order valence-electron chi connectivity index (χ3n) is 6.37. The van der Waals surface area contributed by atoms with Gasteiger partial charge in [-0.15, -0.1) is 0 Å². The number of carbonyl (C=O) groups is 1. The highest BCUT2D eigenvalue weighted by Gasteiger charge is 2.39. The van der Waals surface area contributed by atoms with Crippen molar-refractivity contribution in [3.8, 4) is 11.5 Å². The van der Waals surface area contributed by atoms with Gasteiger partial charge in [-0.1, -0.05) is 62.4 Å². The molecule has 1 aliphatic rings. The lowest BCUT2D eigenvalue weighted by atomic mass is 9.81. The minimum absolute atomic E-state index is 0.171. The monoisotopic (exact) mass is 449 g/mol. The van der Waals surface area contributed by atoms with Crippen LogP contribution in [0.25, 0.3) is 22.0 Å². The first-order chi connectivity index (χ1) is 16.4. The summed E-state index contributed by atoms with van der Waals surface area (Å²) in [6.07, 6.45) is 0.496. The number of ether oxygens (including phenoxy) is 2. The number of rotatable bonds is 6. The van der Waals surface area contributed by atoms with Crippen LogP contribution in [-0.4, -0.2) is 17.9 Å². The summed E-state index contributed by atoms with van der Waals surface area (Å²) in [5, 5.41) is 1.11. The van der Waals surface area contributed by atoms with Crippen molar-refractivity contribution in [1.29, 1.82) is 0 Å². The number of hydrogen-bond donors (Lipinski definition) is 0. The number of benzene rings is 3. The van der Waals surface area contributed by atoms with E-state index < -0.39 is 0 Å². The predicted octanol–water partition coefficient (Wildman–Crippen LogP) is 6.73.